The molecule has 0 saturated carbocycles. The largest absolute Gasteiger partial charge is 0.481 e. The standard InChI is InChI=1S/C11H21NO3/c1-4-6-9(11(14)15)7-12-10(13)8(3)5-2/h8-9H,4-7H2,1-3H3,(H,12,13)(H,14,15). The summed E-state index contributed by atoms with van der Waals surface area (Å²) in [6, 6.07) is 0. The van der Waals surface area contributed by atoms with Crippen molar-refractivity contribution < 1.29 is 14.7 Å². The molecule has 4 nitrogen and oxygen atoms in total. The van der Waals surface area contributed by atoms with Gasteiger partial charge in [0, 0.05) is 12.5 Å². The second-order valence-corrected chi connectivity index (χ2v) is 3.88. The second-order valence-electron chi connectivity index (χ2n) is 3.88. The van der Waals surface area contributed by atoms with Crippen LogP contribution in [0.3, 0.4) is 0 Å². The highest BCUT2D eigenvalue weighted by molar-refractivity contribution is 5.79. The van der Waals surface area contributed by atoms with E-state index >= 15 is 0 Å². The molecule has 0 radical (unpaired) electrons. The molecule has 0 aromatic rings. The van der Waals surface area contributed by atoms with Gasteiger partial charge in [0.15, 0.2) is 0 Å². The minimum absolute atomic E-state index is 0.0407. The summed E-state index contributed by atoms with van der Waals surface area (Å²) in [5.41, 5.74) is 0. The van der Waals surface area contributed by atoms with Gasteiger partial charge in [-0.05, 0) is 12.8 Å². The fourth-order valence-electron chi connectivity index (χ4n) is 1.24. The molecule has 0 aromatic heterocycles. The molecule has 88 valence electrons. The first-order chi connectivity index (χ1) is 7.02. The highest BCUT2D eigenvalue weighted by Crippen LogP contribution is 2.06. The lowest BCUT2D eigenvalue weighted by Crippen LogP contribution is -2.35. The molecule has 1 amide bonds. The Balaban J connectivity index is 3.99. The van der Waals surface area contributed by atoms with Crippen LogP contribution >= 0.6 is 0 Å². The van der Waals surface area contributed by atoms with Gasteiger partial charge in [0.1, 0.15) is 0 Å². The van der Waals surface area contributed by atoms with Crippen LogP contribution in [0.25, 0.3) is 0 Å². The number of nitrogens with one attached hydrogen (secondary N) is 1. The molecule has 4 heteroatoms. The van der Waals surface area contributed by atoms with Crippen molar-refractivity contribution in [2.24, 2.45) is 11.8 Å². The molecule has 0 aliphatic heterocycles. The minimum atomic E-state index is -0.832. The fourth-order valence-corrected chi connectivity index (χ4v) is 1.24. The van der Waals surface area contributed by atoms with E-state index in [-0.39, 0.29) is 18.4 Å². The maximum Gasteiger partial charge on any atom is 0.308 e. The van der Waals surface area contributed by atoms with Crippen molar-refractivity contribution in [2.45, 2.75) is 40.0 Å². The molecule has 0 bridgehead atoms. The highest BCUT2D eigenvalue weighted by atomic mass is 16.4. The van der Waals surface area contributed by atoms with Gasteiger partial charge in [-0.15, -0.1) is 0 Å². The van der Waals surface area contributed by atoms with Crippen molar-refractivity contribution in [3.63, 3.8) is 0 Å². The van der Waals surface area contributed by atoms with E-state index in [0.29, 0.717) is 6.42 Å². The maximum atomic E-state index is 11.4. The van der Waals surface area contributed by atoms with Crippen LogP contribution < -0.4 is 5.32 Å². The van der Waals surface area contributed by atoms with E-state index in [1.807, 2.05) is 20.8 Å². The van der Waals surface area contributed by atoms with Crippen LogP contribution in [0.4, 0.5) is 0 Å². The van der Waals surface area contributed by atoms with Crippen LogP contribution in [0.5, 0.6) is 0 Å². The summed E-state index contributed by atoms with van der Waals surface area (Å²) < 4.78 is 0. The lowest BCUT2D eigenvalue weighted by Gasteiger charge is -2.14. The van der Waals surface area contributed by atoms with E-state index in [1.165, 1.54) is 0 Å². The summed E-state index contributed by atoms with van der Waals surface area (Å²) in [6.45, 7) is 5.95. The third-order valence-electron chi connectivity index (χ3n) is 2.57. The van der Waals surface area contributed by atoms with Crippen LogP contribution in [0.1, 0.15) is 40.0 Å². The number of carboxylic acids is 1. The van der Waals surface area contributed by atoms with Crippen LogP contribution in [-0.4, -0.2) is 23.5 Å². The smallest absolute Gasteiger partial charge is 0.308 e. The number of hydrogen-bond acceptors (Lipinski definition) is 2. The first-order valence-electron chi connectivity index (χ1n) is 5.53. The number of carboxylic acid groups (broad SMARTS) is 1. The van der Waals surface area contributed by atoms with Crippen molar-refractivity contribution in [2.75, 3.05) is 6.54 Å². The Morgan fingerprint density at radius 3 is 2.33 bits per heavy atom. The minimum Gasteiger partial charge on any atom is -0.481 e. The summed E-state index contributed by atoms with van der Waals surface area (Å²) in [7, 11) is 0. The van der Waals surface area contributed by atoms with Gasteiger partial charge in [-0.1, -0.05) is 27.2 Å². The van der Waals surface area contributed by atoms with Gasteiger partial charge in [-0.3, -0.25) is 9.59 Å². The summed E-state index contributed by atoms with van der Waals surface area (Å²) in [5.74, 6) is -1.38. The van der Waals surface area contributed by atoms with Crippen molar-refractivity contribution >= 4 is 11.9 Å². The van der Waals surface area contributed by atoms with Crippen molar-refractivity contribution in [1.29, 1.82) is 0 Å². The Labute approximate surface area is 91.1 Å². The number of carbonyl (C=O) groups excluding carboxylic acids is 1. The molecule has 2 N–H and O–H groups in total. The fraction of sp³-hybridized carbons (Fsp3) is 0.818. The zero-order valence-corrected chi connectivity index (χ0v) is 9.75. The van der Waals surface area contributed by atoms with Gasteiger partial charge < -0.3 is 10.4 Å². The predicted molar refractivity (Wildman–Crippen MR) is 58.5 cm³/mol. The van der Waals surface area contributed by atoms with Crippen LogP contribution in [0.2, 0.25) is 0 Å². The number of carbonyl (C=O) groups is 2. The van der Waals surface area contributed by atoms with Crippen LogP contribution in [0.15, 0.2) is 0 Å². The molecule has 0 heterocycles. The molecular weight excluding hydrogens is 194 g/mol. The Morgan fingerprint density at radius 2 is 1.93 bits per heavy atom. The molecule has 0 spiro atoms. The van der Waals surface area contributed by atoms with Crippen LogP contribution in [0, 0.1) is 11.8 Å². The zero-order chi connectivity index (χ0) is 11.8. The Kier molecular flexibility index (Phi) is 6.75. The lowest BCUT2D eigenvalue weighted by atomic mass is 10.0. The molecule has 0 aromatic carbocycles. The van der Waals surface area contributed by atoms with E-state index in [2.05, 4.69) is 5.32 Å². The van der Waals surface area contributed by atoms with Crippen molar-refractivity contribution in [1.82, 2.24) is 5.32 Å². The Hall–Kier alpha value is -1.06. The summed E-state index contributed by atoms with van der Waals surface area (Å²) in [4.78, 5) is 22.2. The first-order valence-corrected chi connectivity index (χ1v) is 5.53. The Morgan fingerprint density at radius 1 is 1.33 bits per heavy atom. The molecule has 0 aliphatic carbocycles. The number of aliphatic carboxylic acids is 1. The van der Waals surface area contributed by atoms with E-state index < -0.39 is 11.9 Å². The summed E-state index contributed by atoms with van der Waals surface area (Å²) in [6.07, 6.45) is 2.20. The molecule has 0 fully saturated rings. The predicted octanol–water partition coefficient (Wildman–Crippen LogP) is 1.65. The monoisotopic (exact) mass is 215 g/mol. The maximum absolute atomic E-state index is 11.4. The topological polar surface area (TPSA) is 66.4 Å². The molecule has 15 heavy (non-hydrogen) atoms. The molecule has 0 aliphatic rings. The van der Waals surface area contributed by atoms with Crippen molar-refractivity contribution in [3.8, 4) is 0 Å². The highest BCUT2D eigenvalue weighted by Gasteiger charge is 2.18. The number of rotatable bonds is 7. The quantitative estimate of drug-likeness (QED) is 0.678. The average molecular weight is 215 g/mol. The van der Waals surface area contributed by atoms with E-state index in [4.69, 9.17) is 5.11 Å². The van der Waals surface area contributed by atoms with Crippen molar-refractivity contribution in [3.05, 3.63) is 0 Å². The molecule has 0 rings (SSSR count). The van der Waals surface area contributed by atoms with Gasteiger partial charge in [-0.25, -0.2) is 0 Å². The molecule has 2 atom stereocenters. The summed E-state index contributed by atoms with van der Waals surface area (Å²) >= 11 is 0. The van der Waals surface area contributed by atoms with Crippen LogP contribution in [-0.2, 0) is 9.59 Å². The zero-order valence-electron chi connectivity index (χ0n) is 9.75. The van der Waals surface area contributed by atoms with Gasteiger partial charge in [0.2, 0.25) is 5.91 Å². The SMILES string of the molecule is CCCC(CNC(=O)C(C)CC)C(=O)O. The number of amides is 1. The van der Waals surface area contributed by atoms with E-state index in [1.54, 1.807) is 0 Å². The third kappa shape index (κ3) is 5.40. The lowest BCUT2D eigenvalue weighted by molar-refractivity contribution is -0.142. The van der Waals surface area contributed by atoms with Gasteiger partial charge in [0.05, 0.1) is 5.92 Å². The van der Waals surface area contributed by atoms with E-state index in [0.717, 1.165) is 12.8 Å². The Bertz CT molecular complexity index is 216. The first kappa shape index (κ1) is 13.9. The number of hydrogen-bond donors (Lipinski definition) is 2. The van der Waals surface area contributed by atoms with Gasteiger partial charge in [0.25, 0.3) is 0 Å². The van der Waals surface area contributed by atoms with Gasteiger partial charge >= 0.3 is 5.97 Å². The van der Waals surface area contributed by atoms with E-state index in [9.17, 15) is 9.59 Å². The summed E-state index contributed by atoms with van der Waals surface area (Å²) in [5, 5.41) is 11.5. The average Bonchev–Trinajstić information content (AvgIpc) is 2.21. The second kappa shape index (κ2) is 7.26. The normalized spacial score (nSPS) is 14.3. The molecule has 2 unspecified atom stereocenters. The molecular formula is C11H21NO3. The molecule has 0 saturated heterocycles. The third-order valence-corrected chi connectivity index (χ3v) is 2.57. The van der Waals surface area contributed by atoms with Gasteiger partial charge in [-0.2, -0.15) is 0 Å².